The van der Waals surface area contributed by atoms with Crippen LogP contribution in [0.2, 0.25) is 0 Å². The van der Waals surface area contributed by atoms with Crippen LogP contribution >= 0.6 is 11.8 Å². The number of ether oxygens (including phenoxy) is 2. The maximum absolute atomic E-state index is 12.9. The number of esters is 1. The first-order valence-electron chi connectivity index (χ1n) is 11.0. The van der Waals surface area contributed by atoms with Crippen molar-refractivity contribution in [1.29, 1.82) is 0 Å². The first-order chi connectivity index (χ1) is 16.1. The second-order valence-electron chi connectivity index (χ2n) is 7.27. The van der Waals surface area contributed by atoms with E-state index in [1.165, 1.54) is 11.8 Å². The summed E-state index contributed by atoms with van der Waals surface area (Å²) in [5.41, 5.74) is 1.67. The van der Waals surface area contributed by atoms with Crippen LogP contribution in [-0.2, 0) is 11.3 Å². The minimum atomic E-state index is -0.531. The second-order valence-corrected chi connectivity index (χ2v) is 8.04. The van der Waals surface area contributed by atoms with Gasteiger partial charge >= 0.3 is 5.97 Å². The molecule has 0 aliphatic carbocycles. The van der Waals surface area contributed by atoms with Gasteiger partial charge in [-0.15, -0.1) is 0 Å². The standard InChI is InChI=1S/C25H29N3O4S/c1-4-6-16-32-20-14-12-19(13-15-20)23(29)26-22-21(24(30)31-5-2)28(25(27-22)33-3)17-18-10-8-7-9-11-18/h7-15H,4-6,16-17H2,1-3H3,(H,26,29). The molecule has 0 saturated carbocycles. The van der Waals surface area contributed by atoms with E-state index in [0.29, 0.717) is 29.6 Å². The first kappa shape index (κ1) is 24.4. The number of carbonyl (C=O) groups excluding carboxylic acids is 2. The SMILES string of the molecule is CCCCOc1ccc(C(=O)Nc2nc(SC)n(Cc3ccccc3)c2C(=O)OCC)cc1. The molecule has 0 spiro atoms. The smallest absolute Gasteiger partial charge is 0.358 e. The third-order valence-corrected chi connectivity index (χ3v) is 5.56. The van der Waals surface area contributed by atoms with E-state index < -0.39 is 5.97 Å². The molecule has 1 heterocycles. The van der Waals surface area contributed by atoms with Crippen LogP contribution in [0.4, 0.5) is 5.82 Å². The zero-order valence-electron chi connectivity index (χ0n) is 19.2. The Hall–Kier alpha value is -3.26. The van der Waals surface area contributed by atoms with E-state index in [-0.39, 0.29) is 24.0 Å². The van der Waals surface area contributed by atoms with Crippen LogP contribution in [0.3, 0.4) is 0 Å². The quantitative estimate of drug-likeness (QED) is 0.235. The molecule has 7 nitrogen and oxygen atoms in total. The summed E-state index contributed by atoms with van der Waals surface area (Å²) in [6.07, 6.45) is 3.90. The summed E-state index contributed by atoms with van der Waals surface area (Å²) in [6.45, 7) is 5.13. The lowest BCUT2D eigenvalue weighted by atomic mass is 10.2. The highest BCUT2D eigenvalue weighted by molar-refractivity contribution is 7.98. The fraction of sp³-hybridized carbons (Fsp3) is 0.320. The molecule has 1 amide bonds. The van der Waals surface area contributed by atoms with E-state index in [9.17, 15) is 9.59 Å². The van der Waals surface area contributed by atoms with Crippen LogP contribution in [0.25, 0.3) is 0 Å². The average Bonchev–Trinajstić information content (AvgIpc) is 3.17. The van der Waals surface area contributed by atoms with Gasteiger partial charge in [-0.05, 0) is 49.4 Å². The highest BCUT2D eigenvalue weighted by Crippen LogP contribution is 2.26. The van der Waals surface area contributed by atoms with Crippen LogP contribution in [0.1, 0.15) is 53.1 Å². The lowest BCUT2D eigenvalue weighted by Crippen LogP contribution is -2.18. The van der Waals surface area contributed by atoms with E-state index in [0.717, 1.165) is 18.4 Å². The summed E-state index contributed by atoms with van der Waals surface area (Å²) in [6, 6.07) is 16.7. The molecule has 0 saturated heterocycles. The predicted octanol–water partition coefficient (Wildman–Crippen LogP) is 5.26. The van der Waals surface area contributed by atoms with Crippen molar-refractivity contribution in [3.05, 3.63) is 71.4 Å². The van der Waals surface area contributed by atoms with Gasteiger partial charge in [0.2, 0.25) is 0 Å². The molecule has 0 fully saturated rings. The van der Waals surface area contributed by atoms with E-state index >= 15 is 0 Å². The Kier molecular flexibility index (Phi) is 8.95. The van der Waals surface area contributed by atoms with Gasteiger partial charge in [-0.3, -0.25) is 4.79 Å². The Morgan fingerprint density at radius 1 is 1.06 bits per heavy atom. The molecule has 0 aliphatic rings. The van der Waals surface area contributed by atoms with Crippen LogP contribution in [0, 0.1) is 0 Å². The number of aromatic nitrogens is 2. The van der Waals surface area contributed by atoms with Crippen molar-refractivity contribution in [3.8, 4) is 5.75 Å². The summed E-state index contributed by atoms with van der Waals surface area (Å²) in [5, 5.41) is 3.40. The molecule has 3 rings (SSSR count). The Morgan fingerprint density at radius 2 is 1.79 bits per heavy atom. The maximum Gasteiger partial charge on any atom is 0.358 e. The largest absolute Gasteiger partial charge is 0.494 e. The van der Waals surface area contributed by atoms with Crippen molar-refractivity contribution in [2.75, 3.05) is 24.8 Å². The Balaban J connectivity index is 1.86. The molecule has 2 aromatic carbocycles. The van der Waals surface area contributed by atoms with Crippen LogP contribution in [-0.4, -0.2) is 40.9 Å². The molecule has 0 bridgehead atoms. The molecule has 33 heavy (non-hydrogen) atoms. The third kappa shape index (κ3) is 6.38. The summed E-state index contributed by atoms with van der Waals surface area (Å²) in [5.74, 6) is -0.0000941. The number of amides is 1. The number of imidazole rings is 1. The molecule has 3 aromatic rings. The van der Waals surface area contributed by atoms with Crippen molar-refractivity contribution in [2.45, 2.75) is 38.4 Å². The molecule has 174 valence electrons. The molecule has 0 unspecified atom stereocenters. The molecule has 0 aliphatic heterocycles. The zero-order chi connectivity index (χ0) is 23.6. The number of unbranched alkanes of at least 4 members (excludes halogenated alkanes) is 1. The number of benzene rings is 2. The van der Waals surface area contributed by atoms with Gasteiger partial charge in [-0.1, -0.05) is 55.4 Å². The normalized spacial score (nSPS) is 10.6. The molecule has 1 aromatic heterocycles. The molecule has 0 radical (unpaired) electrons. The number of thioether (sulfide) groups is 1. The first-order valence-corrected chi connectivity index (χ1v) is 12.2. The highest BCUT2D eigenvalue weighted by Gasteiger charge is 2.26. The Labute approximate surface area is 198 Å². The predicted molar refractivity (Wildman–Crippen MR) is 130 cm³/mol. The van der Waals surface area contributed by atoms with Gasteiger partial charge in [0.25, 0.3) is 5.91 Å². The number of carbonyl (C=O) groups is 2. The van der Waals surface area contributed by atoms with Crippen molar-refractivity contribution < 1.29 is 19.1 Å². The Morgan fingerprint density at radius 3 is 2.42 bits per heavy atom. The number of nitrogens with one attached hydrogen (secondary N) is 1. The van der Waals surface area contributed by atoms with Gasteiger partial charge in [0.1, 0.15) is 5.75 Å². The minimum absolute atomic E-state index is 0.182. The summed E-state index contributed by atoms with van der Waals surface area (Å²) in [4.78, 5) is 30.3. The lowest BCUT2D eigenvalue weighted by molar-refractivity contribution is 0.0514. The minimum Gasteiger partial charge on any atom is -0.494 e. The van der Waals surface area contributed by atoms with Gasteiger partial charge in [0.05, 0.1) is 19.8 Å². The van der Waals surface area contributed by atoms with Crippen molar-refractivity contribution in [1.82, 2.24) is 9.55 Å². The molecule has 0 atom stereocenters. The third-order valence-electron chi connectivity index (χ3n) is 4.88. The fourth-order valence-electron chi connectivity index (χ4n) is 3.21. The average molecular weight is 468 g/mol. The summed E-state index contributed by atoms with van der Waals surface area (Å²) >= 11 is 1.40. The zero-order valence-corrected chi connectivity index (χ0v) is 20.0. The van der Waals surface area contributed by atoms with Gasteiger partial charge in [0.15, 0.2) is 16.7 Å². The summed E-state index contributed by atoms with van der Waals surface area (Å²) in [7, 11) is 0. The highest BCUT2D eigenvalue weighted by atomic mass is 32.2. The number of anilines is 1. The Bertz CT molecular complexity index is 1070. The monoisotopic (exact) mass is 467 g/mol. The maximum atomic E-state index is 12.9. The van der Waals surface area contributed by atoms with Gasteiger partial charge in [-0.25, -0.2) is 9.78 Å². The van der Waals surface area contributed by atoms with Crippen LogP contribution in [0.5, 0.6) is 5.75 Å². The molecular formula is C25H29N3O4S. The van der Waals surface area contributed by atoms with Crippen LogP contribution < -0.4 is 10.1 Å². The summed E-state index contributed by atoms with van der Waals surface area (Å²) < 4.78 is 12.7. The van der Waals surface area contributed by atoms with Gasteiger partial charge in [-0.2, -0.15) is 0 Å². The second kappa shape index (κ2) is 12.1. The molecule has 8 heteroatoms. The van der Waals surface area contributed by atoms with Crippen molar-refractivity contribution in [2.24, 2.45) is 0 Å². The number of hydrogen-bond donors (Lipinski definition) is 1. The van der Waals surface area contributed by atoms with E-state index in [1.54, 1.807) is 35.8 Å². The van der Waals surface area contributed by atoms with E-state index in [2.05, 4.69) is 17.2 Å². The number of nitrogens with zero attached hydrogens (tertiary/aromatic N) is 2. The van der Waals surface area contributed by atoms with E-state index in [4.69, 9.17) is 9.47 Å². The van der Waals surface area contributed by atoms with Gasteiger partial charge < -0.3 is 19.4 Å². The number of rotatable bonds is 11. The van der Waals surface area contributed by atoms with Gasteiger partial charge in [0, 0.05) is 5.56 Å². The van der Waals surface area contributed by atoms with Crippen LogP contribution in [0.15, 0.2) is 59.8 Å². The number of hydrogen-bond acceptors (Lipinski definition) is 6. The molecular weight excluding hydrogens is 438 g/mol. The fourth-order valence-corrected chi connectivity index (χ4v) is 3.77. The lowest BCUT2D eigenvalue weighted by Gasteiger charge is -2.11. The van der Waals surface area contributed by atoms with Crippen molar-refractivity contribution in [3.63, 3.8) is 0 Å². The molecule has 1 N–H and O–H groups in total. The topological polar surface area (TPSA) is 82.5 Å². The van der Waals surface area contributed by atoms with Crippen molar-refractivity contribution >= 4 is 29.5 Å². The van der Waals surface area contributed by atoms with E-state index in [1.807, 2.05) is 36.6 Å².